The number of benzene rings is 1. The highest BCUT2D eigenvalue weighted by atomic mass is 16.5. The summed E-state index contributed by atoms with van der Waals surface area (Å²) in [5.41, 5.74) is 0.640. The lowest BCUT2D eigenvalue weighted by molar-refractivity contribution is -0.141. The van der Waals surface area contributed by atoms with Crippen LogP contribution in [-0.4, -0.2) is 35.2 Å². The zero-order valence-electron chi connectivity index (χ0n) is 14.1. The number of para-hydroxylation sites is 1. The Morgan fingerprint density at radius 3 is 2.64 bits per heavy atom. The van der Waals surface area contributed by atoms with E-state index in [1.165, 1.54) is 30.0 Å². The highest BCUT2D eigenvalue weighted by Gasteiger charge is 2.21. The summed E-state index contributed by atoms with van der Waals surface area (Å²) in [4.78, 5) is 35.2. The number of aromatic nitrogens is 1. The molecular weight excluding hydrogens is 324 g/mol. The summed E-state index contributed by atoms with van der Waals surface area (Å²) in [5, 5.41) is 12.0. The molecule has 0 bridgehead atoms. The van der Waals surface area contributed by atoms with Gasteiger partial charge in [0.05, 0.1) is 13.0 Å². The molecule has 2 aromatic rings. The number of pyridine rings is 1. The van der Waals surface area contributed by atoms with Gasteiger partial charge in [0.25, 0.3) is 11.5 Å². The fourth-order valence-corrected chi connectivity index (χ4v) is 2.39. The Morgan fingerprint density at radius 1 is 1.28 bits per heavy atom. The van der Waals surface area contributed by atoms with Crippen molar-refractivity contribution < 1.29 is 19.4 Å². The van der Waals surface area contributed by atoms with Crippen LogP contribution in [0.1, 0.15) is 15.9 Å². The monoisotopic (exact) mass is 344 g/mol. The molecule has 0 fully saturated rings. The minimum absolute atomic E-state index is 0.0541. The molecule has 1 atom stereocenters. The predicted molar refractivity (Wildman–Crippen MR) is 91.8 cm³/mol. The summed E-state index contributed by atoms with van der Waals surface area (Å²) in [7, 11) is 3.10. The van der Waals surface area contributed by atoms with Gasteiger partial charge in [0.2, 0.25) is 0 Å². The Kier molecular flexibility index (Phi) is 5.94. The fourth-order valence-electron chi connectivity index (χ4n) is 2.39. The minimum atomic E-state index is -1.02. The van der Waals surface area contributed by atoms with Crippen molar-refractivity contribution in [3.05, 3.63) is 64.1 Å². The highest BCUT2D eigenvalue weighted by Crippen LogP contribution is 2.21. The number of carbonyl (C=O) groups is 2. The molecule has 25 heavy (non-hydrogen) atoms. The fraction of sp³-hybridized carbons (Fsp3) is 0.278. The molecule has 1 amide bonds. The lowest BCUT2D eigenvalue weighted by Gasteiger charge is -2.15. The van der Waals surface area contributed by atoms with Gasteiger partial charge in [-0.25, -0.2) is 0 Å². The van der Waals surface area contributed by atoms with Crippen LogP contribution in [0.15, 0.2) is 47.4 Å². The number of aliphatic carboxylic acids is 1. The summed E-state index contributed by atoms with van der Waals surface area (Å²) in [6.07, 6.45) is 1.71. The van der Waals surface area contributed by atoms with Gasteiger partial charge in [-0.05, 0) is 24.1 Å². The van der Waals surface area contributed by atoms with Crippen molar-refractivity contribution in [2.24, 2.45) is 13.0 Å². The number of hydrogen-bond donors (Lipinski definition) is 2. The standard InChI is InChI=1S/C18H20N2O5/c1-20-8-7-13(10-16(20)21)17(22)19-11-14(18(23)24)9-12-5-3-4-6-15(12)25-2/h3-8,10,14H,9,11H2,1-2H3,(H,19,22)(H,23,24). The Balaban J connectivity index is 2.06. The zero-order chi connectivity index (χ0) is 18.4. The smallest absolute Gasteiger partial charge is 0.308 e. The average Bonchev–Trinajstić information content (AvgIpc) is 2.60. The molecule has 0 saturated carbocycles. The number of hydrogen-bond acceptors (Lipinski definition) is 4. The quantitative estimate of drug-likeness (QED) is 0.783. The van der Waals surface area contributed by atoms with Gasteiger partial charge < -0.3 is 19.7 Å². The van der Waals surface area contributed by atoms with Gasteiger partial charge >= 0.3 is 5.97 Å². The van der Waals surface area contributed by atoms with E-state index in [2.05, 4.69) is 5.32 Å². The molecule has 1 aromatic heterocycles. The van der Waals surface area contributed by atoms with Gasteiger partial charge in [-0.2, -0.15) is 0 Å². The molecule has 2 N–H and O–H groups in total. The topological polar surface area (TPSA) is 97.6 Å². The first kappa shape index (κ1) is 18.3. The number of methoxy groups -OCH3 is 1. The molecule has 1 unspecified atom stereocenters. The van der Waals surface area contributed by atoms with E-state index in [4.69, 9.17) is 4.74 Å². The van der Waals surface area contributed by atoms with Gasteiger partial charge in [0.1, 0.15) is 5.75 Å². The second kappa shape index (κ2) is 8.14. The van der Waals surface area contributed by atoms with Gasteiger partial charge in [0, 0.05) is 31.4 Å². The number of nitrogens with zero attached hydrogens (tertiary/aromatic N) is 1. The summed E-state index contributed by atoms with van der Waals surface area (Å²) in [6, 6.07) is 9.87. The zero-order valence-corrected chi connectivity index (χ0v) is 14.1. The van der Waals surface area contributed by atoms with Crippen LogP contribution in [0.4, 0.5) is 0 Å². The largest absolute Gasteiger partial charge is 0.496 e. The van der Waals surface area contributed by atoms with Gasteiger partial charge in [0.15, 0.2) is 0 Å². The summed E-state index contributed by atoms with van der Waals surface area (Å²) in [6.45, 7) is -0.0541. The van der Waals surface area contributed by atoms with Crippen molar-refractivity contribution >= 4 is 11.9 Å². The van der Waals surface area contributed by atoms with Crippen LogP contribution >= 0.6 is 0 Å². The van der Waals surface area contributed by atoms with Crippen molar-refractivity contribution in [2.45, 2.75) is 6.42 Å². The average molecular weight is 344 g/mol. The van der Waals surface area contributed by atoms with E-state index < -0.39 is 17.8 Å². The molecule has 1 aromatic carbocycles. The summed E-state index contributed by atoms with van der Waals surface area (Å²) >= 11 is 0. The van der Waals surface area contributed by atoms with E-state index in [1.54, 1.807) is 31.3 Å². The lowest BCUT2D eigenvalue weighted by Crippen LogP contribution is -2.34. The second-order valence-corrected chi connectivity index (χ2v) is 5.63. The Labute approximate surface area is 144 Å². The number of ether oxygens (including phenoxy) is 1. The first-order valence-corrected chi connectivity index (χ1v) is 7.72. The first-order valence-electron chi connectivity index (χ1n) is 7.72. The molecule has 7 nitrogen and oxygen atoms in total. The number of carboxylic acid groups (broad SMARTS) is 1. The third kappa shape index (κ3) is 4.69. The number of aryl methyl sites for hydroxylation is 1. The van der Waals surface area contributed by atoms with E-state index in [0.29, 0.717) is 5.75 Å². The third-order valence-corrected chi connectivity index (χ3v) is 3.88. The van der Waals surface area contributed by atoms with E-state index in [9.17, 15) is 19.5 Å². The maximum atomic E-state index is 12.1. The molecular formula is C18H20N2O5. The van der Waals surface area contributed by atoms with Crippen molar-refractivity contribution in [3.8, 4) is 5.75 Å². The Hall–Kier alpha value is -3.09. The van der Waals surface area contributed by atoms with Crippen LogP contribution in [0.2, 0.25) is 0 Å². The van der Waals surface area contributed by atoms with Crippen LogP contribution in [0.25, 0.3) is 0 Å². The van der Waals surface area contributed by atoms with E-state index >= 15 is 0 Å². The van der Waals surface area contributed by atoms with Crippen molar-refractivity contribution in [3.63, 3.8) is 0 Å². The maximum absolute atomic E-state index is 12.1. The highest BCUT2D eigenvalue weighted by molar-refractivity contribution is 5.94. The van der Waals surface area contributed by atoms with Crippen LogP contribution in [-0.2, 0) is 18.3 Å². The molecule has 132 valence electrons. The van der Waals surface area contributed by atoms with E-state index in [0.717, 1.165) is 5.56 Å². The third-order valence-electron chi connectivity index (χ3n) is 3.88. The number of rotatable bonds is 7. The molecule has 1 heterocycles. The molecule has 0 spiro atoms. The van der Waals surface area contributed by atoms with Gasteiger partial charge in [-0.15, -0.1) is 0 Å². The maximum Gasteiger partial charge on any atom is 0.308 e. The molecule has 0 aliphatic rings. The Bertz CT molecular complexity index is 828. The predicted octanol–water partition coefficient (Wildman–Crippen LogP) is 1.07. The lowest BCUT2D eigenvalue weighted by atomic mass is 9.98. The summed E-state index contributed by atoms with van der Waals surface area (Å²) in [5.74, 6) is -1.71. The number of carbonyl (C=O) groups excluding carboxylic acids is 1. The van der Waals surface area contributed by atoms with Crippen molar-refractivity contribution in [2.75, 3.05) is 13.7 Å². The van der Waals surface area contributed by atoms with Crippen LogP contribution in [0, 0.1) is 5.92 Å². The van der Waals surface area contributed by atoms with E-state index in [1.807, 2.05) is 0 Å². The SMILES string of the molecule is COc1ccccc1CC(CNC(=O)c1ccn(C)c(=O)c1)C(=O)O. The molecule has 0 aliphatic heterocycles. The Morgan fingerprint density at radius 2 is 2.00 bits per heavy atom. The van der Waals surface area contributed by atoms with Gasteiger partial charge in [-0.3, -0.25) is 14.4 Å². The minimum Gasteiger partial charge on any atom is -0.496 e. The second-order valence-electron chi connectivity index (χ2n) is 5.63. The van der Waals surface area contributed by atoms with Gasteiger partial charge in [-0.1, -0.05) is 18.2 Å². The number of amides is 1. The van der Waals surface area contributed by atoms with Crippen LogP contribution in [0.5, 0.6) is 5.75 Å². The normalized spacial score (nSPS) is 11.6. The van der Waals surface area contributed by atoms with E-state index in [-0.39, 0.29) is 24.1 Å². The molecule has 0 radical (unpaired) electrons. The number of carboxylic acids is 1. The van der Waals surface area contributed by atoms with Crippen LogP contribution in [0.3, 0.4) is 0 Å². The molecule has 0 aliphatic carbocycles. The van der Waals surface area contributed by atoms with Crippen LogP contribution < -0.4 is 15.6 Å². The number of nitrogens with one attached hydrogen (secondary N) is 1. The molecule has 7 heteroatoms. The molecule has 2 rings (SSSR count). The first-order chi connectivity index (χ1) is 11.9. The molecule has 0 saturated heterocycles. The van der Waals surface area contributed by atoms with Crippen molar-refractivity contribution in [1.82, 2.24) is 9.88 Å². The van der Waals surface area contributed by atoms with Crippen molar-refractivity contribution in [1.29, 1.82) is 0 Å². The summed E-state index contributed by atoms with van der Waals surface area (Å²) < 4.78 is 6.57.